The molecule has 4 rings (SSSR count). The predicted octanol–water partition coefficient (Wildman–Crippen LogP) is 2.51. The van der Waals surface area contributed by atoms with Gasteiger partial charge >= 0.3 is 0 Å². The summed E-state index contributed by atoms with van der Waals surface area (Å²) in [6.45, 7) is 2.60. The van der Waals surface area contributed by atoms with Gasteiger partial charge in [-0.15, -0.1) is 0 Å². The molecule has 1 aromatic heterocycles. The summed E-state index contributed by atoms with van der Waals surface area (Å²) in [7, 11) is 0. The fourth-order valence-corrected chi connectivity index (χ4v) is 3.61. The highest BCUT2D eigenvalue weighted by molar-refractivity contribution is 5.84. The number of rotatable bonds is 3. The van der Waals surface area contributed by atoms with E-state index in [-0.39, 0.29) is 6.10 Å². The summed E-state index contributed by atoms with van der Waals surface area (Å²) >= 11 is 0. The number of nitrogens with zero attached hydrogens (tertiary/aromatic N) is 2. The average Bonchev–Trinajstić information content (AvgIpc) is 3.12. The molecule has 2 fully saturated rings. The van der Waals surface area contributed by atoms with E-state index in [2.05, 4.69) is 15.6 Å². The maximum Gasteiger partial charge on any atom is 0.201 e. The number of ether oxygens (including phenoxy) is 2. The van der Waals surface area contributed by atoms with E-state index < -0.39 is 0 Å². The quantitative estimate of drug-likeness (QED) is 0.933. The lowest BCUT2D eigenvalue weighted by atomic mass is 9.95. The molecule has 2 aliphatic rings. The molecule has 0 spiro atoms. The van der Waals surface area contributed by atoms with Gasteiger partial charge in [-0.25, -0.2) is 4.98 Å². The van der Waals surface area contributed by atoms with Crippen LogP contribution in [0.5, 0.6) is 5.75 Å². The zero-order valence-corrected chi connectivity index (χ0v) is 11.6. The molecule has 5 nitrogen and oxygen atoms in total. The highest BCUT2D eigenvalue weighted by Gasteiger charge is 2.42. The van der Waals surface area contributed by atoms with Crippen molar-refractivity contribution in [3.8, 4) is 5.75 Å². The number of imidazole rings is 1. The molecule has 3 atom stereocenters. The normalized spacial score (nSPS) is 28.4. The van der Waals surface area contributed by atoms with Gasteiger partial charge in [0.1, 0.15) is 11.3 Å². The summed E-state index contributed by atoms with van der Waals surface area (Å²) in [6, 6.07) is 6.32. The van der Waals surface area contributed by atoms with Crippen molar-refractivity contribution in [3.05, 3.63) is 18.2 Å². The molecular formula is C15H19N3O2. The topological polar surface area (TPSA) is 62.3 Å². The third-order valence-corrected chi connectivity index (χ3v) is 4.42. The van der Waals surface area contributed by atoms with Gasteiger partial charge in [-0.05, 0) is 38.3 Å². The van der Waals surface area contributed by atoms with Gasteiger partial charge in [0, 0.05) is 0 Å². The number of para-hydroxylation sites is 1. The van der Waals surface area contributed by atoms with Gasteiger partial charge in [0.05, 0.1) is 30.4 Å². The van der Waals surface area contributed by atoms with E-state index in [4.69, 9.17) is 15.2 Å². The van der Waals surface area contributed by atoms with Crippen LogP contribution in [0.15, 0.2) is 18.2 Å². The monoisotopic (exact) mass is 273 g/mol. The van der Waals surface area contributed by atoms with E-state index in [1.54, 1.807) is 0 Å². The van der Waals surface area contributed by atoms with Crippen LogP contribution in [0.3, 0.4) is 0 Å². The van der Waals surface area contributed by atoms with Crippen LogP contribution in [0.1, 0.15) is 32.2 Å². The van der Waals surface area contributed by atoms with Crippen LogP contribution in [0.25, 0.3) is 11.0 Å². The Morgan fingerprint density at radius 1 is 1.45 bits per heavy atom. The van der Waals surface area contributed by atoms with Crippen LogP contribution >= 0.6 is 0 Å². The van der Waals surface area contributed by atoms with Gasteiger partial charge in [0.15, 0.2) is 0 Å². The smallest absolute Gasteiger partial charge is 0.201 e. The Balaban J connectivity index is 1.83. The van der Waals surface area contributed by atoms with Gasteiger partial charge in [-0.3, -0.25) is 0 Å². The summed E-state index contributed by atoms with van der Waals surface area (Å²) < 4.78 is 13.7. The third-order valence-electron chi connectivity index (χ3n) is 4.42. The minimum Gasteiger partial charge on any atom is -0.492 e. The first-order valence-electron chi connectivity index (χ1n) is 7.32. The van der Waals surface area contributed by atoms with Crippen molar-refractivity contribution in [2.24, 2.45) is 0 Å². The molecule has 2 bridgehead atoms. The van der Waals surface area contributed by atoms with Crippen molar-refractivity contribution in [1.29, 1.82) is 0 Å². The lowest BCUT2D eigenvalue weighted by molar-refractivity contribution is 0.0945. The van der Waals surface area contributed by atoms with E-state index in [1.165, 1.54) is 6.42 Å². The zero-order valence-electron chi connectivity index (χ0n) is 11.6. The fourth-order valence-electron chi connectivity index (χ4n) is 3.61. The second-order valence-electron chi connectivity index (χ2n) is 5.57. The standard InChI is InChI=1S/C15H19N3O2/c1-2-19-13-5-3-4-10-14(13)17-15(16)18(10)11-8-9-6-7-12(11)20-9/h3-5,9,11-12H,2,6-8H2,1H3,(H2,16,17). The van der Waals surface area contributed by atoms with E-state index in [9.17, 15) is 0 Å². The average molecular weight is 273 g/mol. The van der Waals surface area contributed by atoms with Gasteiger partial charge in [-0.2, -0.15) is 0 Å². The molecule has 106 valence electrons. The fraction of sp³-hybridized carbons (Fsp3) is 0.533. The molecule has 2 aliphatic heterocycles. The molecule has 3 unspecified atom stereocenters. The van der Waals surface area contributed by atoms with Crippen LogP contribution in [0.2, 0.25) is 0 Å². The number of anilines is 1. The molecule has 0 saturated carbocycles. The summed E-state index contributed by atoms with van der Waals surface area (Å²) in [4.78, 5) is 4.52. The molecule has 5 heteroatoms. The number of hydrogen-bond donors (Lipinski definition) is 1. The van der Waals surface area contributed by atoms with Gasteiger partial charge in [0.25, 0.3) is 0 Å². The molecule has 3 heterocycles. The number of aromatic nitrogens is 2. The Labute approximate surface area is 117 Å². The lowest BCUT2D eigenvalue weighted by Gasteiger charge is -2.22. The molecule has 20 heavy (non-hydrogen) atoms. The van der Waals surface area contributed by atoms with Crippen molar-refractivity contribution in [3.63, 3.8) is 0 Å². The molecular weight excluding hydrogens is 254 g/mol. The van der Waals surface area contributed by atoms with Crippen LogP contribution in [-0.4, -0.2) is 28.4 Å². The number of nitrogens with two attached hydrogens (primary N) is 1. The highest BCUT2D eigenvalue weighted by atomic mass is 16.5. The second kappa shape index (κ2) is 4.38. The minimum absolute atomic E-state index is 0.287. The third kappa shape index (κ3) is 1.62. The molecule has 2 saturated heterocycles. The highest BCUT2D eigenvalue weighted by Crippen LogP contribution is 2.44. The Bertz CT molecular complexity index is 652. The first-order chi connectivity index (χ1) is 9.78. The number of hydrogen-bond acceptors (Lipinski definition) is 4. The van der Waals surface area contributed by atoms with E-state index in [0.29, 0.717) is 24.7 Å². The minimum atomic E-state index is 0.287. The summed E-state index contributed by atoms with van der Waals surface area (Å²) in [5.41, 5.74) is 8.08. The molecule has 0 aliphatic carbocycles. The lowest BCUT2D eigenvalue weighted by Crippen LogP contribution is -2.22. The molecule has 2 N–H and O–H groups in total. The van der Waals surface area contributed by atoms with Crippen molar-refractivity contribution in [1.82, 2.24) is 9.55 Å². The summed E-state index contributed by atoms with van der Waals surface area (Å²) in [6.07, 6.45) is 4.03. The maximum absolute atomic E-state index is 6.17. The molecule has 0 radical (unpaired) electrons. The zero-order chi connectivity index (χ0) is 13.7. The van der Waals surface area contributed by atoms with Crippen LogP contribution in [0, 0.1) is 0 Å². The van der Waals surface area contributed by atoms with Gasteiger partial charge < -0.3 is 19.8 Å². The van der Waals surface area contributed by atoms with Gasteiger partial charge in [-0.1, -0.05) is 6.07 Å². The summed E-state index contributed by atoms with van der Waals surface area (Å²) in [5, 5.41) is 0. The number of nitrogen functional groups attached to an aromatic ring is 1. The molecule has 0 amide bonds. The molecule has 2 aromatic rings. The van der Waals surface area contributed by atoms with Crippen molar-refractivity contribution < 1.29 is 9.47 Å². The first kappa shape index (κ1) is 12.0. The molecule has 1 aromatic carbocycles. The Kier molecular flexibility index (Phi) is 2.63. The second-order valence-corrected chi connectivity index (χ2v) is 5.57. The van der Waals surface area contributed by atoms with E-state index >= 15 is 0 Å². The Hall–Kier alpha value is -1.75. The first-order valence-corrected chi connectivity index (χ1v) is 7.32. The van der Waals surface area contributed by atoms with Crippen LogP contribution in [-0.2, 0) is 4.74 Å². The maximum atomic E-state index is 6.17. The predicted molar refractivity (Wildman–Crippen MR) is 76.9 cm³/mol. The number of benzene rings is 1. The van der Waals surface area contributed by atoms with Crippen molar-refractivity contribution >= 4 is 17.0 Å². The largest absolute Gasteiger partial charge is 0.492 e. The van der Waals surface area contributed by atoms with Gasteiger partial charge in [0.2, 0.25) is 5.95 Å². The van der Waals surface area contributed by atoms with Crippen molar-refractivity contribution in [2.75, 3.05) is 12.3 Å². The van der Waals surface area contributed by atoms with E-state index in [0.717, 1.165) is 29.6 Å². The van der Waals surface area contributed by atoms with Crippen LogP contribution < -0.4 is 10.5 Å². The Morgan fingerprint density at radius 3 is 3.05 bits per heavy atom. The Morgan fingerprint density at radius 2 is 2.35 bits per heavy atom. The SMILES string of the molecule is CCOc1cccc2c1nc(N)n2C1CC2CCC1O2. The van der Waals surface area contributed by atoms with E-state index in [1.807, 2.05) is 19.1 Å². The van der Waals surface area contributed by atoms with Crippen LogP contribution in [0.4, 0.5) is 5.95 Å². The summed E-state index contributed by atoms with van der Waals surface area (Å²) in [5.74, 6) is 1.37. The van der Waals surface area contributed by atoms with Crippen molar-refractivity contribution in [2.45, 2.75) is 44.4 Å². The number of fused-ring (bicyclic) bond motifs is 3.